The summed E-state index contributed by atoms with van der Waals surface area (Å²) in [6.45, 7) is 3.95. The van der Waals surface area contributed by atoms with Crippen LogP contribution in [0.15, 0.2) is 29.3 Å². The summed E-state index contributed by atoms with van der Waals surface area (Å²) in [6.07, 6.45) is 6.07. The van der Waals surface area contributed by atoms with E-state index in [1.165, 1.54) is 6.33 Å². The number of aryl methyl sites for hydroxylation is 2. The smallest absolute Gasteiger partial charge is 0.226 e. The molecule has 1 amide bonds. The molecule has 0 radical (unpaired) electrons. The Kier molecular flexibility index (Phi) is 5.73. The highest BCUT2D eigenvalue weighted by atomic mass is 16.5. The molecule has 0 aromatic carbocycles. The van der Waals surface area contributed by atoms with Crippen molar-refractivity contribution in [3.8, 4) is 5.82 Å². The van der Waals surface area contributed by atoms with E-state index in [-0.39, 0.29) is 11.8 Å². The van der Waals surface area contributed by atoms with Crippen LogP contribution in [0.5, 0.6) is 0 Å². The first-order chi connectivity index (χ1) is 14.2. The minimum atomic E-state index is 0.0271. The molecule has 0 atom stereocenters. The number of hydrogen-bond acceptors (Lipinski definition) is 9. The van der Waals surface area contributed by atoms with Gasteiger partial charge in [0.25, 0.3) is 0 Å². The fourth-order valence-corrected chi connectivity index (χ4v) is 3.34. The van der Waals surface area contributed by atoms with Crippen molar-refractivity contribution in [1.82, 2.24) is 40.4 Å². The maximum absolute atomic E-state index is 12.4. The van der Waals surface area contributed by atoms with Gasteiger partial charge in [0.15, 0.2) is 17.5 Å². The highest BCUT2D eigenvalue weighted by Gasteiger charge is 2.25. The average Bonchev–Trinajstić information content (AvgIpc) is 3.43. The van der Waals surface area contributed by atoms with E-state index in [1.807, 2.05) is 12.1 Å². The van der Waals surface area contributed by atoms with Crippen LogP contribution in [-0.2, 0) is 11.2 Å². The summed E-state index contributed by atoms with van der Waals surface area (Å²) >= 11 is 0. The third kappa shape index (κ3) is 4.73. The van der Waals surface area contributed by atoms with E-state index in [2.05, 4.69) is 40.6 Å². The highest BCUT2D eigenvalue weighted by Crippen LogP contribution is 2.22. The third-order valence-corrected chi connectivity index (χ3v) is 4.92. The Morgan fingerprint density at radius 3 is 2.69 bits per heavy atom. The van der Waals surface area contributed by atoms with Gasteiger partial charge in [0, 0.05) is 32.0 Å². The lowest BCUT2D eigenvalue weighted by atomic mass is 9.96. The molecule has 1 saturated heterocycles. The number of aromatic nitrogens is 7. The van der Waals surface area contributed by atoms with Gasteiger partial charge in [-0.3, -0.25) is 4.79 Å². The maximum Gasteiger partial charge on any atom is 0.226 e. The number of piperidine rings is 1. The molecular weight excluding hydrogens is 374 g/mol. The maximum atomic E-state index is 12.4. The van der Waals surface area contributed by atoms with E-state index in [1.54, 1.807) is 17.9 Å². The number of nitrogens with one attached hydrogen (secondary N) is 1. The van der Waals surface area contributed by atoms with Crippen LogP contribution in [0.25, 0.3) is 5.82 Å². The lowest BCUT2D eigenvalue weighted by Gasteiger charge is -2.31. The SMILES string of the molecule is Cc1noc(CCCNC(=O)C2CCN(c3ccc(-n4cncn4)nn3)CC2)n1. The van der Waals surface area contributed by atoms with Crippen LogP contribution < -0.4 is 10.2 Å². The molecule has 1 aliphatic heterocycles. The van der Waals surface area contributed by atoms with Crippen LogP contribution >= 0.6 is 0 Å². The summed E-state index contributed by atoms with van der Waals surface area (Å²) in [5, 5.41) is 19.3. The molecule has 0 saturated carbocycles. The molecule has 3 aromatic rings. The first kappa shape index (κ1) is 19.0. The van der Waals surface area contributed by atoms with Crippen LogP contribution in [0.1, 0.15) is 31.0 Å². The van der Waals surface area contributed by atoms with E-state index >= 15 is 0 Å². The highest BCUT2D eigenvalue weighted by molar-refractivity contribution is 5.78. The second-order valence-corrected chi connectivity index (χ2v) is 6.98. The molecule has 29 heavy (non-hydrogen) atoms. The largest absolute Gasteiger partial charge is 0.356 e. The molecule has 11 nitrogen and oxygen atoms in total. The Morgan fingerprint density at radius 1 is 1.24 bits per heavy atom. The Balaban J connectivity index is 1.20. The second-order valence-electron chi connectivity index (χ2n) is 6.98. The van der Waals surface area contributed by atoms with Gasteiger partial charge in [0.2, 0.25) is 11.8 Å². The number of carbonyl (C=O) groups is 1. The van der Waals surface area contributed by atoms with Crippen molar-refractivity contribution in [3.63, 3.8) is 0 Å². The number of nitrogens with zero attached hydrogens (tertiary/aromatic N) is 8. The number of carbonyl (C=O) groups excluding carboxylic acids is 1. The van der Waals surface area contributed by atoms with E-state index in [0.717, 1.165) is 38.2 Å². The number of rotatable bonds is 7. The molecule has 0 spiro atoms. The third-order valence-electron chi connectivity index (χ3n) is 4.92. The minimum Gasteiger partial charge on any atom is -0.356 e. The summed E-state index contributed by atoms with van der Waals surface area (Å²) in [4.78, 5) is 22.6. The van der Waals surface area contributed by atoms with Crippen molar-refractivity contribution < 1.29 is 9.32 Å². The van der Waals surface area contributed by atoms with Crippen LogP contribution in [0.4, 0.5) is 5.82 Å². The predicted molar refractivity (Wildman–Crippen MR) is 102 cm³/mol. The molecule has 1 aliphatic rings. The molecule has 0 aliphatic carbocycles. The summed E-state index contributed by atoms with van der Waals surface area (Å²) in [7, 11) is 0. The van der Waals surface area contributed by atoms with Gasteiger partial charge in [0.1, 0.15) is 12.7 Å². The quantitative estimate of drug-likeness (QED) is 0.573. The van der Waals surface area contributed by atoms with Crippen LogP contribution in [0.3, 0.4) is 0 Å². The van der Waals surface area contributed by atoms with Crippen LogP contribution in [0, 0.1) is 12.8 Å². The Bertz CT molecular complexity index is 915. The van der Waals surface area contributed by atoms with E-state index < -0.39 is 0 Å². The molecule has 0 bridgehead atoms. The van der Waals surface area contributed by atoms with Crippen molar-refractivity contribution in [2.75, 3.05) is 24.5 Å². The van der Waals surface area contributed by atoms with Gasteiger partial charge in [-0.1, -0.05) is 5.16 Å². The zero-order chi connectivity index (χ0) is 20.1. The lowest BCUT2D eigenvalue weighted by molar-refractivity contribution is -0.125. The van der Waals surface area contributed by atoms with E-state index in [0.29, 0.717) is 30.5 Å². The fourth-order valence-electron chi connectivity index (χ4n) is 3.34. The van der Waals surface area contributed by atoms with E-state index in [9.17, 15) is 4.79 Å². The van der Waals surface area contributed by atoms with Crippen molar-refractivity contribution in [2.24, 2.45) is 5.92 Å². The molecule has 4 rings (SSSR count). The number of hydrogen-bond donors (Lipinski definition) is 1. The first-order valence-corrected chi connectivity index (χ1v) is 9.69. The number of anilines is 1. The zero-order valence-electron chi connectivity index (χ0n) is 16.2. The summed E-state index contributed by atoms with van der Waals surface area (Å²) < 4.78 is 6.63. The van der Waals surface area contributed by atoms with Gasteiger partial charge in [-0.25, -0.2) is 9.67 Å². The van der Waals surface area contributed by atoms with Gasteiger partial charge in [0.05, 0.1) is 0 Å². The Labute approximate surface area is 167 Å². The second kappa shape index (κ2) is 8.76. The Hall–Kier alpha value is -3.37. The van der Waals surface area contributed by atoms with Crippen LogP contribution in [0.2, 0.25) is 0 Å². The van der Waals surface area contributed by atoms with Crippen molar-refractivity contribution >= 4 is 11.7 Å². The summed E-state index contributed by atoms with van der Waals surface area (Å²) in [5.41, 5.74) is 0. The molecular formula is C18H23N9O2. The average molecular weight is 397 g/mol. The summed E-state index contributed by atoms with van der Waals surface area (Å²) in [5.74, 6) is 2.81. The molecule has 152 valence electrons. The van der Waals surface area contributed by atoms with Crippen molar-refractivity contribution in [1.29, 1.82) is 0 Å². The lowest BCUT2D eigenvalue weighted by Crippen LogP contribution is -2.41. The molecule has 11 heteroatoms. The van der Waals surface area contributed by atoms with Gasteiger partial charge in [-0.2, -0.15) is 10.1 Å². The standard InChI is InChI=1S/C18H23N9O2/c1-13-22-17(29-25-13)3-2-8-20-18(28)14-6-9-26(10-7-14)15-4-5-16(24-23-15)27-12-19-11-21-27/h4-5,11-12,14H,2-3,6-10H2,1H3,(H,20,28). The van der Waals surface area contributed by atoms with Gasteiger partial charge in [-0.15, -0.1) is 10.2 Å². The van der Waals surface area contributed by atoms with Crippen molar-refractivity contribution in [2.45, 2.75) is 32.6 Å². The number of amides is 1. The first-order valence-electron chi connectivity index (χ1n) is 9.69. The van der Waals surface area contributed by atoms with Crippen molar-refractivity contribution in [3.05, 3.63) is 36.5 Å². The normalized spacial score (nSPS) is 14.9. The fraction of sp³-hybridized carbons (Fsp3) is 0.500. The monoisotopic (exact) mass is 397 g/mol. The van der Waals surface area contributed by atoms with E-state index in [4.69, 9.17) is 4.52 Å². The minimum absolute atomic E-state index is 0.0271. The zero-order valence-corrected chi connectivity index (χ0v) is 16.2. The molecule has 3 aromatic heterocycles. The molecule has 4 heterocycles. The molecule has 0 unspecified atom stereocenters. The van der Waals surface area contributed by atoms with Gasteiger partial charge in [-0.05, 0) is 38.3 Å². The molecule has 1 N–H and O–H groups in total. The topological polar surface area (TPSA) is 128 Å². The molecule has 1 fully saturated rings. The summed E-state index contributed by atoms with van der Waals surface area (Å²) in [6, 6.07) is 3.78. The predicted octanol–water partition coefficient (Wildman–Crippen LogP) is 0.714. The Morgan fingerprint density at radius 2 is 2.03 bits per heavy atom. The van der Waals surface area contributed by atoms with Gasteiger partial charge >= 0.3 is 0 Å². The van der Waals surface area contributed by atoms with Crippen LogP contribution in [-0.4, -0.2) is 60.6 Å². The van der Waals surface area contributed by atoms with Gasteiger partial charge < -0.3 is 14.7 Å².